The van der Waals surface area contributed by atoms with Crippen LogP contribution < -0.4 is 0 Å². The number of esters is 1. The number of ether oxygens (including phenoxy) is 1. The summed E-state index contributed by atoms with van der Waals surface area (Å²) in [5.74, 6) is 0.345. The predicted octanol–water partition coefficient (Wildman–Crippen LogP) is 1.77. The van der Waals surface area contributed by atoms with E-state index in [2.05, 4.69) is 17.0 Å². The Hall–Kier alpha value is -1.94. The summed E-state index contributed by atoms with van der Waals surface area (Å²) >= 11 is 0. The molecular weight excluding hydrogens is 290 g/mol. The molecule has 0 amide bonds. The molecule has 0 bridgehead atoms. The van der Waals surface area contributed by atoms with Crippen molar-refractivity contribution in [2.75, 3.05) is 13.6 Å². The summed E-state index contributed by atoms with van der Waals surface area (Å²) in [6.45, 7) is 0.758. The number of rotatable bonds is 3. The zero-order chi connectivity index (χ0) is 16.0. The van der Waals surface area contributed by atoms with Gasteiger partial charge in [-0.3, -0.25) is 14.5 Å². The molecule has 3 atom stereocenters. The van der Waals surface area contributed by atoms with E-state index in [1.165, 1.54) is 11.1 Å². The molecule has 2 saturated heterocycles. The SMILES string of the molecule is CN1CC2OC(=O)CC2C1/C=C/C(=O)C1Cc2ccccc2C1. The first-order chi connectivity index (χ1) is 11.1. The highest BCUT2D eigenvalue weighted by atomic mass is 16.6. The number of ketones is 1. The second kappa shape index (κ2) is 5.60. The molecule has 2 fully saturated rings. The number of benzene rings is 1. The number of likely N-dealkylation sites (tertiary alicyclic amines) is 1. The Morgan fingerprint density at radius 1 is 1.22 bits per heavy atom. The molecule has 4 nitrogen and oxygen atoms in total. The fraction of sp³-hybridized carbons (Fsp3) is 0.474. The molecule has 3 aliphatic rings. The van der Waals surface area contributed by atoms with Crippen molar-refractivity contribution < 1.29 is 14.3 Å². The molecular formula is C19H21NO3. The van der Waals surface area contributed by atoms with Crippen LogP contribution in [0.3, 0.4) is 0 Å². The maximum absolute atomic E-state index is 12.5. The van der Waals surface area contributed by atoms with E-state index < -0.39 is 0 Å². The molecule has 1 aromatic carbocycles. The van der Waals surface area contributed by atoms with E-state index in [9.17, 15) is 9.59 Å². The van der Waals surface area contributed by atoms with E-state index in [0.717, 1.165) is 19.4 Å². The summed E-state index contributed by atoms with van der Waals surface area (Å²) in [6, 6.07) is 8.42. The minimum absolute atomic E-state index is 0.00649. The molecule has 23 heavy (non-hydrogen) atoms. The topological polar surface area (TPSA) is 46.6 Å². The molecule has 0 saturated carbocycles. The Kier molecular flexibility index (Phi) is 3.57. The first-order valence-corrected chi connectivity index (χ1v) is 8.30. The van der Waals surface area contributed by atoms with Gasteiger partial charge in [-0.15, -0.1) is 0 Å². The normalized spacial score (nSPS) is 30.7. The zero-order valence-corrected chi connectivity index (χ0v) is 13.3. The van der Waals surface area contributed by atoms with Crippen LogP contribution in [0.15, 0.2) is 36.4 Å². The lowest BCUT2D eigenvalue weighted by atomic mass is 9.94. The second-order valence-corrected chi connectivity index (χ2v) is 6.96. The van der Waals surface area contributed by atoms with Crippen LogP contribution in [-0.2, 0) is 27.2 Å². The van der Waals surface area contributed by atoms with Crippen molar-refractivity contribution in [1.29, 1.82) is 0 Å². The van der Waals surface area contributed by atoms with Gasteiger partial charge in [0, 0.05) is 24.4 Å². The average Bonchev–Trinajstić information content (AvgIpc) is 3.17. The first kappa shape index (κ1) is 14.6. The standard InChI is InChI=1S/C19H21NO3/c1-20-11-18-15(10-19(22)23-18)16(20)6-7-17(21)14-8-12-4-2-3-5-13(12)9-14/h2-7,14-16,18H,8-11H2,1H3/b7-6+. The fourth-order valence-electron chi connectivity index (χ4n) is 4.25. The first-order valence-electron chi connectivity index (χ1n) is 8.30. The summed E-state index contributed by atoms with van der Waals surface area (Å²) in [7, 11) is 2.02. The van der Waals surface area contributed by atoms with Gasteiger partial charge >= 0.3 is 5.97 Å². The number of allylic oxidation sites excluding steroid dienone is 1. The Bertz CT molecular complexity index is 656. The van der Waals surface area contributed by atoms with Gasteiger partial charge in [0.25, 0.3) is 0 Å². The van der Waals surface area contributed by atoms with E-state index in [4.69, 9.17) is 4.74 Å². The lowest BCUT2D eigenvalue weighted by molar-refractivity contribution is -0.141. The minimum atomic E-state index is -0.107. The van der Waals surface area contributed by atoms with Gasteiger partial charge in [0.2, 0.25) is 0 Å². The fourth-order valence-corrected chi connectivity index (χ4v) is 4.25. The number of likely N-dealkylation sites (N-methyl/N-ethyl adjacent to an activating group) is 1. The van der Waals surface area contributed by atoms with Crippen molar-refractivity contribution in [2.45, 2.75) is 31.4 Å². The van der Waals surface area contributed by atoms with E-state index in [1.807, 2.05) is 25.3 Å². The molecule has 0 N–H and O–H groups in total. The van der Waals surface area contributed by atoms with Gasteiger partial charge in [0.1, 0.15) is 6.10 Å². The summed E-state index contributed by atoms with van der Waals surface area (Å²) in [4.78, 5) is 26.2. The van der Waals surface area contributed by atoms with Crippen LogP contribution in [0, 0.1) is 11.8 Å². The van der Waals surface area contributed by atoms with Gasteiger partial charge in [-0.2, -0.15) is 0 Å². The van der Waals surface area contributed by atoms with Crippen LogP contribution in [0.4, 0.5) is 0 Å². The van der Waals surface area contributed by atoms with Crippen molar-refractivity contribution >= 4 is 11.8 Å². The Balaban J connectivity index is 1.43. The third-order valence-electron chi connectivity index (χ3n) is 5.49. The molecule has 0 spiro atoms. The molecule has 4 heteroatoms. The number of carbonyl (C=O) groups excluding carboxylic acids is 2. The highest BCUT2D eigenvalue weighted by molar-refractivity contribution is 5.92. The van der Waals surface area contributed by atoms with Gasteiger partial charge in [0.05, 0.1) is 6.42 Å². The smallest absolute Gasteiger partial charge is 0.306 e. The number of hydrogen-bond acceptors (Lipinski definition) is 4. The van der Waals surface area contributed by atoms with Crippen LogP contribution in [0.2, 0.25) is 0 Å². The molecule has 2 aliphatic heterocycles. The third kappa shape index (κ3) is 2.61. The molecule has 4 rings (SSSR count). The number of nitrogens with zero attached hydrogens (tertiary/aromatic N) is 1. The quantitative estimate of drug-likeness (QED) is 0.630. The van der Waals surface area contributed by atoms with E-state index in [-0.39, 0.29) is 35.7 Å². The highest BCUT2D eigenvalue weighted by Crippen LogP contribution is 2.35. The molecule has 1 aliphatic carbocycles. The molecule has 0 aromatic heterocycles. The van der Waals surface area contributed by atoms with Gasteiger partial charge in [-0.1, -0.05) is 30.3 Å². The van der Waals surface area contributed by atoms with Crippen molar-refractivity contribution in [3.63, 3.8) is 0 Å². The van der Waals surface area contributed by atoms with E-state index >= 15 is 0 Å². The van der Waals surface area contributed by atoms with Gasteiger partial charge in [0.15, 0.2) is 5.78 Å². The number of carbonyl (C=O) groups is 2. The van der Waals surface area contributed by atoms with E-state index in [0.29, 0.717) is 6.42 Å². The van der Waals surface area contributed by atoms with Crippen LogP contribution in [0.5, 0.6) is 0 Å². The maximum Gasteiger partial charge on any atom is 0.306 e. The molecule has 1 aromatic rings. The highest BCUT2D eigenvalue weighted by Gasteiger charge is 2.46. The monoisotopic (exact) mass is 311 g/mol. The molecule has 2 heterocycles. The van der Waals surface area contributed by atoms with Crippen LogP contribution in [0.1, 0.15) is 17.5 Å². The third-order valence-corrected chi connectivity index (χ3v) is 5.49. The van der Waals surface area contributed by atoms with Crippen molar-refractivity contribution in [1.82, 2.24) is 4.90 Å². The zero-order valence-electron chi connectivity index (χ0n) is 13.3. The Morgan fingerprint density at radius 2 is 1.91 bits per heavy atom. The van der Waals surface area contributed by atoms with Crippen molar-refractivity contribution in [3.8, 4) is 0 Å². The summed E-state index contributed by atoms with van der Waals surface area (Å²) in [5, 5.41) is 0. The predicted molar refractivity (Wildman–Crippen MR) is 85.9 cm³/mol. The second-order valence-electron chi connectivity index (χ2n) is 6.96. The van der Waals surface area contributed by atoms with Crippen LogP contribution >= 0.6 is 0 Å². The average molecular weight is 311 g/mol. The minimum Gasteiger partial charge on any atom is -0.461 e. The van der Waals surface area contributed by atoms with Crippen molar-refractivity contribution in [2.24, 2.45) is 11.8 Å². The number of fused-ring (bicyclic) bond motifs is 2. The lowest BCUT2D eigenvalue weighted by Crippen LogP contribution is -2.28. The Morgan fingerprint density at radius 3 is 2.61 bits per heavy atom. The summed E-state index contributed by atoms with van der Waals surface area (Å²) in [6.07, 6.45) is 5.86. The van der Waals surface area contributed by atoms with Crippen LogP contribution in [-0.4, -0.2) is 42.4 Å². The van der Waals surface area contributed by atoms with Gasteiger partial charge in [-0.05, 0) is 37.1 Å². The molecule has 3 unspecified atom stereocenters. The van der Waals surface area contributed by atoms with Gasteiger partial charge in [-0.25, -0.2) is 0 Å². The number of hydrogen-bond donors (Lipinski definition) is 0. The van der Waals surface area contributed by atoms with Crippen molar-refractivity contribution in [3.05, 3.63) is 47.5 Å². The van der Waals surface area contributed by atoms with Gasteiger partial charge < -0.3 is 4.74 Å². The molecule has 120 valence electrons. The molecule has 0 radical (unpaired) electrons. The van der Waals surface area contributed by atoms with E-state index in [1.54, 1.807) is 6.08 Å². The largest absolute Gasteiger partial charge is 0.461 e. The Labute approximate surface area is 136 Å². The lowest BCUT2D eigenvalue weighted by Gasteiger charge is -2.19. The van der Waals surface area contributed by atoms with Crippen LogP contribution in [0.25, 0.3) is 0 Å². The summed E-state index contributed by atoms with van der Waals surface area (Å²) < 4.78 is 5.34. The summed E-state index contributed by atoms with van der Waals surface area (Å²) in [5.41, 5.74) is 2.60. The maximum atomic E-state index is 12.5.